The Labute approximate surface area is 178 Å². The molecule has 30 heavy (non-hydrogen) atoms. The molecular formula is C23H32N6O. The number of rotatable bonds is 4. The van der Waals surface area contributed by atoms with Crippen molar-refractivity contribution in [2.75, 3.05) is 51.7 Å². The molecule has 5 rings (SSSR count). The number of pyridine rings is 1. The van der Waals surface area contributed by atoms with Gasteiger partial charge in [0.15, 0.2) is 0 Å². The van der Waals surface area contributed by atoms with E-state index in [9.17, 15) is 5.26 Å². The van der Waals surface area contributed by atoms with Crippen molar-refractivity contribution in [1.82, 2.24) is 19.4 Å². The predicted octanol–water partition coefficient (Wildman–Crippen LogP) is 2.07. The van der Waals surface area contributed by atoms with Crippen LogP contribution in [0, 0.1) is 23.2 Å². The van der Waals surface area contributed by atoms with Crippen molar-refractivity contribution in [1.29, 1.82) is 5.26 Å². The Morgan fingerprint density at radius 3 is 2.83 bits per heavy atom. The minimum Gasteiger partial charge on any atom is -0.370 e. The van der Waals surface area contributed by atoms with E-state index in [0.717, 1.165) is 48.7 Å². The van der Waals surface area contributed by atoms with Gasteiger partial charge < -0.3 is 19.4 Å². The van der Waals surface area contributed by atoms with Crippen molar-refractivity contribution in [3.8, 4) is 6.07 Å². The van der Waals surface area contributed by atoms with E-state index in [0.29, 0.717) is 5.69 Å². The van der Waals surface area contributed by atoms with Crippen LogP contribution in [0.2, 0.25) is 0 Å². The molecule has 4 heterocycles. The summed E-state index contributed by atoms with van der Waals surface area (Å²) in [6.45, 7) is 7.31. The van der Waals surface area contributed by atoms with Crippen molar-refractivity contribution < 1.29 is 4.74 Å². The van der Waals surface area contributed by atoms with E-state index in [-0.39, 0.29) is 12.2 Å². The highest BCUT2D eigenvalue weighted by Gasteiger charge is 2.44. The molecule has 0 amide bonds. The van der Waals surface area contributed by atoms with Gasteiger partial charge in [-0.1, -0.05) is 0 Å². The molecule has 0 radical (unpaired) electrons. The fraction of sp³-hybridized carbons (Fsp3) is 0.652. The summed E-state index contributed by atoms with van der Waals surface area (Å²) in [6.07, 6.45) is 4.86. The van der Waals surface area contributed by atoms with Gasteiger partial charge in [-0.3, -0.25) is 0 Å². The summed E-state index contributed by atoms with van der Waals surface area (Å²) in [4.78, 5) is 7.48. The average Bonchev–Trinajstić information content (AvgIpc) is 3.41. The highest BCUT2D eigenvalue weighted by atomic mass is 16.5. The number of morpholine rings is 1. The van der Waals surface area contributed by atoms with Gasteiger partial charge in [0.1, 0.15) is 11.8 Å². The minimum absolute atomic E-state index is 0.180. The lowest BCUT2D eigenvalue weighted by molar-refractivity contribution is -0.0305. The second-order valence-corrected chi connectivity index (χ2v) is 9.57. The van der Waals surface area contributed by atoms with Crippen LogP contribution in [0.1, 0.15) is 25.5 Å². The number of ether oxygens (including phenoxy) is 1. The third-order valence-corrected chi connectivity index (χ3v) is 7.33. The van der Waals surface area contributed by atoms with Crippen molar-refractivity contribution >= 4 is 11.2 Å². The number of nitriles is 1. The third kappa shape index (κ3) is 3.47. The van der Waals surface area contributed by atoms with Crippen molar-refractivity contribution in [3.05, 3.63) is 30.1 Å². The lowest BCUT2D eigenvalue weighted by atomic mass is 9.97. The van der Waals surface area contributed by atoms with Gasteiger partial charge in [-0.2, -0.15) is 10.4 Å². The number of nitrogens with zero attached hydrogens (tertiary/aromatic N) is 6. The van der Waals surface area contributed by atoms with E-state index < -0.39 is 0 Å². The minimum atomic E-state index is 0.180. The molecule has 7 nitrogen and oxygen atoms in total. The normalized spacial score (nSPS) is 32.1. The summed E-state index contributed by atoms with van der Waals surface area (Å²) < 4.78 is 8.11. The Kier molecular flexibility index (Phi) is 5.18. The molecule has 1 saturated carbocycles. The highest BCUT2D eigenvalue weighted by Crippen LogP contribution is 2.40. The van der Waals surface area contributed by atoms with Crippen molar-refractivity contribution in [3.63, 3.8) is 0 Å². The van der Waals surface area contributed by atoms with Gasteiger partial charge in [-0.15, -0.1) is 0 Å². The maximum atomic E-state index is 9.37. The maximum Gasteiger partial charge on any atom is 0.142 e. The number of aromatic nitrogens is 2. The number of fused-ring (bicyclic) bond motifs is 2. The van der Waals surface area contributed by atoms with Gasteiger partial charge >= 0.3 is 0 Å². The largest absolute Gasteiger partial charge is 0.370 e. The summed E-state index contributed by atoms with van der Waals surface area (Å²) in [6, 6.07) is 8.89. The van der Waals surface area contributed by atoms with E-state index in [1.54, 1.807) is 10.7 Å². The van der Waals surface area contributed by atoms with E-state index in [4.69, 9.17) is 4.74 Å². The van der Waals surface area contributed by atoms with Gasteiger partial charge in [0, 0.05) is 38.8 Å². The second-order valence-electron chi connectivity index (χ2n) is 9.57. The molecule has 3 aliphatic rings. The first-order valence-corrected chi connectivity index (χ1v) is 11.2. The first-order valence-electron chi connectivity index (χ1n) is 11.2. The molecule has 2 aromatic heterocycles. The van der Waals surface area contributed by atoms with Gasteiger partial charge in [0.05, 0.1) is 29.6 Å². The monoisotopic (exact) mass is 408 g/mol. The molecule has 7 heteroatoms. The molecule has 2 saturated heterocycles. The summed E-state index contributed by atoms with van der Waals surface area (Å²) in [5.41, 5.74) is 2.69. The van der Waals surface area contributed by atoms with Crippen LogP contribution in [0.5, 0.6) is 0 Å². The fourth-order valence-electron chi connectivity index (χ4n) is 6.11. The SMILES string of the molecule is C[C@@H]1CN(c2ccc(C#N)n3nccc23)C[C@H](CN2CC3C(N(C)C)CC[C@@H]3C2)O1. The molecule has 0 spiro atoms. The zero-order valence-electron chi connectivity index (χ0n) is 18.2. The number of hydrogen-bond acceptors (Lipinski definition) is 6. The van der Waals surface area contributed by atoms with Gasteiger partial charge in [0.2, 0.25) is 0 Å². The summed E-state index contributed by atoms with van der Waals surface area (Å²) in [5.74, 6) is 1.65. The topological polar surface area (TPSA) is 60.0 Å². The first kappa shape index (κ1) is 19.8. The second kappa shape index (κ2) is 7.84. The third-order valence-electron chi connectivity index (χ3n) is 7.33. The highest BCUT2D eigenvalue weighted by molar-refractivity contribution is 5.74. The van der Waals surface area contributed by atoms with Gasteiger partial charge in [-0.25, -0.2) is 4.52 Å². The number of likely N-dealkylation sites (tertiary alicyclic amines) is 1. The molecule has 5 atom stereocenters. The molecule has 0 N–H and O–H groups in total. The lowest BCUT2D eigenvalue weighted by Crippen LogP contribution is -2.51. The van der Waals surface area contributed by atoms with Crippen molar-refractivity contribution in [2.24, 2.45) is 11.8 Å². The molecule has 160 valence electrons. The quantitative estimate of drug-likeness (QED) is 0.772. The first-order chi connectivity index (χ1) is 14.5. The van der Waals surface area contributed by atoms with Crippen LogP contribution in [0.25, 0.3) is 5.52 Å². The van der Waals surface area contributed by atoms with Crippen LogP contribution in [0.3, 0.4) is 0 Å². The Hall–Kier alpha value is -2.14. The molecule has 2 aromatic rings. The summed E-state index contributed by atoms with van der Waals surface area (Å²) in [7, 11) is 4.46. The maximum absolute atomic E-state index is 9.37. The molecule has 2 aliphatic heterocycles. The Morgan fingerprint density at radius 2 is 2.03 bits per heavy atom. The zero-order chi connectivity index (χ0) is 20.8. The molecule has 3 fully saturated rings. The van der Waals surface area contributed by atoms with E-state index in [1.165, 1.54) is 25.9 Å². The Morgan fingerprint density at radius 1 is 1.17 bits per heavy atom. The molecule has 2 unspecified atom stereocenters. The molecular weight excluding hydrogens is 376 g/mol. The van der Waals surface area contributed by atoms with Gasteiger partial charge in [-0.05, 0) is 63.9 Å². The van der Waals surface area contributed by atoms with Crippen LogP contribution < -0.4 is 4.90 Å². The van der Waals surface area contributed by atoms with Crippen LogP contribution in [-0.2, 0) is 4.74 Å². The average molecular weight is 409 g/mol. The standard InChI is InChI=1S/C23H32N6O/c1-16-11-28(22-7-5-18(10-24)29-23(22)8-9-25-29)14-19(30-16)13-27-12-17-4-6-21(26(2)3)20(17)15-27/h5,7-9,16-17,19-21H,4,6,11-15H2,1-3H3/t16-,17-,19+,20?,21?/m1/s1. The number of anilines is 1. The van der Waals surface area contributed by atoms with Crippen LogP contribution in [0.15, 0.2) is 24.4 Å². The van der Waals surface area contributed by atoms with Crippen LogP contribution >= 0.6 is 0 Å². The van der Waals surface area contributed by atoms with Crippen LogP contribution in [0.4, 0.5) is 5.69 Å². The summed E-state index contributed by atoms with van der Waals surface area (Å²) >= 11 is 0. The number of hydrogen-bond donors (Lipinski definition) is 0. The predicted molar refractivity (Wildman–Crippen MR) is 117 cm³/mol. The smallest absolute Gasteiger partial charge is 0.142 e. The van der Waals surface area contributed by atoms with E-state index >= 15 is 0 Å². The van der Waals surface area contributed by atoms with Gasteiger partial charge in [0.25, 0.3) is 0 Å². The lowest BCUT2D eigenvalue weighted by Gasteiger charge is -2.40. The molecule has 1 aliphatic carbocycles. The Balaban J connectivity index is 1.30. The van der Waals surface area contributed by atoms with E-state index in [1.807, 2.05) is 12.1 Å². The van der Waals surface area contributed by atoms with Crippen molar-refractivity contribution in [2.45, 2.75) is 38.0 Å². The van der Waals surface area contributed by atoms with Crippen LogP contribution in [-0.4, -0.2) is 84.5 Å². The molecule has 0 aromatic carbocycles. The Bertz CT molecular complexity index is 949. The fourth-order valence-corrected chi connectivity index (χ4v) is 6.11. The summed E-state index contributed by atoms with van der Waals surface area (Å²) in [5, 5.41) is 13.7. The zero-order valence-corrected chi connectivity index (χ0v) is 18.2. The van der Waals surface area contributed by atoms with E-state index in [2.05, 4.69) is 53.0 Å². The molecule has 0 bridgehead atoms.